The maximum Gasteiger partial charge on any atom is 0.401 e. The predicted octanol–water partition coefficient (Wildman–Crippen LogP) is 1.05. The average Bonchev–Trinajstić information content (AvgIpc) is 2.17. The number of likely N-dealkylation sites (N-methyl/N-ethyl adjacent to an activating group) is 1. The van der Waals surface area contributed by atoms with Crippen LogP contribution in [0.1, 0.15) is 13.8 Å². The molecule has 6 heteroatoms. The van der Waals surface area contributed by atoms with Crippen molar-refractivity contribution < 1.29 is 13.2 Å². The molecule has 0 spiro atoms. The quantitative estimate of drug-likeness (QED) is 0.740. The van der Waals surface area contributed by atoms with Crippen molar-refractivity contribution >= 4 is 0 Å². The van der Waals surface area contributed by atoms with E-state index in [9.17, 15) is 13.2 Å². The fourth-order valence-corrected chi connectivity index (χ4v) is 0.951. The lowest BCUT2D eigenvalue weighted by Crippen LogP contribution is -2.41. The molecule has 0 aliphatic heterocycles. The van der Waals surface area contributed by atoms with Gasteiger partial charge in [-0.3, -0.25) is 0 Å². The molecule has 94 valence electrons. The Morgan fingerprint density at radius 2 is 1.80 bits per heavy atom. The van der Waals surface area contributed by atoms with Gasteiger partial charge in [0.05, 0.1) is 6.54 Å². The molecule has 0 saturated carbocycles. The Balaban J connectivity index is 0. The number of nitrogens with two attached hydrogens (primary N) is 1. The Morgan fingerprint density at radius 1 is 1.33 bits per heavy atom. The van der Waals surface area contributed by atoms with Crippen molar-refractivity contribution in [1.82, 2.24) is 10.2 Å². The summed E-state index contributed by atoms with van der Waals surface area (Å²) in [4.78, 5) is 1.97. The van der Waals surface area contributed by atoms with Crippen LogP contribution in [-0.2, 0) is 0 Å². The van der Waals surface area contributed by atoms with Gasteiger partial charge >= 0.3 is 6.18 Å². The number of hydrogen-bond acceptors (Lipinski definition) is 3. The van der Waals surface area contributed by atoms with Crippen LogP contribution in [0.4, 0.5) is 13.2 Å². The summed E-state index contributed by atoms with van der Waals surface area (Å²) in [6, 6.07) is -0.133. The molecular formula is C9H22F3N3. The second kappa shape index (κ2) is 8.94. The summed E-state index contributed by atoms with van der Waals surface area (Å²) in [7, 11) is 3.38. The monoisotopic (exact) mass is 229 g/mol. The molecule has 0 aromatic heterocycles. The van der Waals surface area contributed by atoms with Gasteiger partial charge in [0.25, 0.3) is 0 Å². The zero-order valence-corrected chi connectivity index (χ0v) is 9.86. The van der Waals surface area contributed by atoms with E-state index >= 15 is 0 Å². The van der Waals surface area contributed by atoms with Crippen molar-refractivity contribution in [2.24, 2.45) is 5.73 Å². The normalized spacial score (nSPS) is 13.4. The number of nitrogens with zero attached hydrogens (tertiary/aromatic N) is 1. The topological polar surface area (TPSA) is 41.3 Å². The number of hydrogen-bond donors (Lipinski definition) is 2. The number of halogens is 3. The third-order valence-electron chi connectivity index (χ3n) is 1.78. The summed E-state index contributed by atoms with van der Waals surface area (Å²) < 4.78 is 35.3. The average molecular weight is 229 g/mol. The summed E-state index contributed by atoms with van der Waals surface area (Å²) in [5, 5.41) is 2.42. The predicted molar refractivity (Wildman–Crippen MR) is 56.8 cm³/mol. The molecule has 0 aromatic rings. The van der Waals surface area contributed by atoms with Crippen LogP contribution < -0.4 is 11.1 Å². The maximum absolute atomic E-state index is 11.8. The molecule has 0 rings (SSSR count). The van der Waals surface area contributed by atoms with E-state index in [1.807, 2.05) is 18.9 Å². The highest BCUT2D eigenvalue weighted by atomic mass is 19.4. The van der Waals surface area contributed by atoms with Crippen LogP contribution in [0.2, 0.25) is 0 Å². The molecule has 0 amide bonds. The third-order valence-corrected chi connectivity index (χ3v) is 1.78. The van der Waals surface area contributed by atoms with Gasteiger partial charge in [-0.1, -0.05) is 6.92 Å². The van der Waals surface area contributed by atoms with E-state index < -0.39 is 12.7 Å². The lowest BCUT2D eigenvalue weighted by molar-refractivity contribution is -0.126. The van der Waals surface area contributed by atoms with E-state index in [-0.39, 0.29) is 6.04 Å². The zero-order chi connectivity index (χ0) is 12.5. The summed E-state index contributed by atoms with van der Waals surface area (Å²) in [6.45, 7) is 4.28. The van der Waals surface area contributed by atoms with Crippen molar-refractivity contribution in [3.63, 3.8) is 0 Å². The van der Waals surface area contributed by atoms with E-state index in [1.54, 1.807) is 6.92 Å². The highest BCUT2D eigenvalue weighted by Crippen LogP contribution is 2.12. The van der Waals surface area contributed by atoms with Crippen LogP contribution in [0.25, 0.3) is 0 Å². The van der Waals surface area contributed by atoms with E-state index in [1.165, 1.54) is 7.05 Å². The van der Waals surface area contributed by atoms with Crippen molar-refractivity contribution in [3.8, 4) is 0 Å². The van der Waals surface area contributed by atoms with Gasteiger partial charge < -0.3 is 16.0 Å². The van der Waals surface area contributed by atoms with Crippen molar-refractivity contribution in [2.75, 3.05) is 33.7 Å². The van der Waals surface area contributed by atoms with Gasteiger partial charge in [0, 0.05) is 12.6 Å². The standard InChI is InChI=1S/C8H17F3N2.CH5N/c1-4-13(3)5-7(2)12-6-8(9,10)11;1-2/h7,12H,4-6H2,1-3H3;2H2,1H3. The molecule has 0 heterocycles. The second-order valence-electron chi connectivity index (χ2n) is 3.25. The van der Waals surface area contributed by atoms with Gasteiger partial charge in [-0.2, -0.15) is 13.2 Å². The van der Waals surface area contributed by atoms with Crippen LogP contribution >= 0.6 is 0 Å². The lowest BCUT2D eigenvalue weighted by Gasteiger charge is -2.21. The summed E-state index contributed by atoms with van der Waals surface area (Å²) >= 11 is 0. The molecule has 0 saturated heterocycles. The molecule has 3 nitrogen and oxygen atoms in total. The smallest absolute Gasteiger partial charge is 0.333 e. The minimum Gasteiger partial charge on any atom is -0.333 e. The Bertz CT molecular complexity index is 139. The zero-order valence-electron chi connectivity index (χ0n) is 9.86. The first-order valence-corrected chi connectivity index (χ1v) is 4.91. The van der Waals surface area contributed by atoms with Gasteiger partial charge in [-0.25, -0.2) is 0 Å². The van der Waals surface area contributed by atoms with Crippen LogP contribution in [-0.4, -0.2) is 50.8 Å². The van der Waals surface area contributed by atoms with Crippen LogP contribution in [0, 0.1) is 0 Å². The van der Waals surface area contributed by atoms with Gasteiger partial charge in [-0.05, 0) is 27.6 Å². The third kappa shape index (κ3) is 13.7. The summed E-state index contributed by atoms with van der Waals surface area (Å²) in [6.07, 6.45) is -4.11. The molecule has 0 bridgehead atoms. The molecule has 15 heavy (non-hydrogen) atoms. The molecule has 1 unspecified atom stereocenters. The Kier molecular flexibility index (Phi) is 10.2. The highest BCUT2D eigenvalue weighted by Gasteiger charge is 2.27. The number of rotatable bonds is 5. The second-order valence-corrected chi connectivity index (χ2v) is 3.25. The maximum atomic E-state index is 11.8. The van der Waals surface area contributed by atoms with Gasteiger partial charge in [0.15, 0.2) is 0 Å². The van der Waals surface area contributed by atoms with E-state index in [4.69, 9.17) is 0 Å². The van der Waals surface area contributed by atoms with Gasteiger partial charge in [0.2, 0.25) is 0 Å². The van der Waals surface area contributed by atoms with Crippen molar-refractivity contribution in [2.45, 2.75) is 26.1 Å². The molecular weight excluding hydrogens is 207 g/mol. The SMILES string of the molecule is CCN(C)CC(C)NCC(F)(F)F.CN. The Hall–Kier alpha value is -0.330. The molecule has 3 N–H and O–H groups in total. The van der Waals surface area contributed by atoms with Crippen LogP contribution in [0.3, 0.4) is 0 Å². The molecule has 0 radical (unpaired) electrons. The molecule has 0 fully saturated rings. The largest absolute Gasteiger partial charge is 0.401 e. The van der Waals surface area contributed by atoms with Crippen molar-refractivity contribution in [1.29, 1.82) is 0 Å². The molecule has 0 aromatic carbocycles. The lowest BCUT2D eigenvalue weighted by atomic mass is 10.3. The summed E-state index contributed by atoms with van der Waals surface area (Å²) in [5.41, 5.74) is 4.50. The first-order valence-electron chi connectivity index (χ1n) is 4.91. The fourth-order valence-electron chi connectivity index (χ4n) is 0.951. The Morgan fingerprint density at radius 3 is 2.13 bits per heavy atom. The minimum absolute atomic E-state index is 0.133. The first kappa shape index (κ1) is 17.1. The van der Waals surface area contributed by atoms with Gasteiger partial charge in [0.1, 0.15) is 0 Å². The summed E-state index contributed by atoms with van der Waals surface area (Å²) in [5.74, 6) is 0. The minimum atomic E-state index is -4.11. The number of nitrogens with one attached hydrogen (secondary N) is 1. The van der Waals surface area contributed by atoms with E-state index in [0.29, 0.717) is 6.54 Å². The number of alkyl halides is 3. The highest BCUT2D eigenvalue weighted by molar-refractivity contribution is 4.66. The van der Waals surface area contributed by atoms with Gasteiger partial charge in [-0.15, -0.1) is 0 Å². The van der Waals surface area contributed by atoms with Crippen molar-refractivity contribution in [3.05, 3.63) is 0 Å². The molecule has 0 aliphatic rings. The van der Waals surface area contributed by atoms with Crippen LogP contribution in [0.5, 0.6) is 0 Å². The van der Waals surface area contributed by atoms with E-state index in [0.717, 1.165) is 6.54 Å². The molecule has 1 atom stereocenters. The molecule has 0 aliphatic carbocycles. The van der Waals surface area contributed by atoms with Crippen LogP contribution in [0.15, 0.2) is 0 Å². The van der Waals surface area contributed by atoms with E-state index in [2.05, 4.69) is 11.1 Å². The fraction of sp³-hybridized carbons (Fsp3) is 1.00. The first-order chi connectivity index (χ1) is 6.85. The Labute approximate surface area is 89.8 Å².